The molecular weight excluding hydrogens is 294 g/mol. The van der Waals surface area contributed by atoms with Crippen LogP contribution >= 0.6 is 12.4 Å². The summed E-state index contributed by atoms with van der Waals surface area (Å²) in [5, 5.41) is 5.94. The standard InChI is InChI=1S/C13H15N5O2.ClH/c1-7(19)16-9-3-4-10-8(5-9)6-11(17-10)12(20)18-13(14)15-2;/h3-6,17H,1-2H3,(H,16,19)(H3,14,15,18,20);1H. The highest BCUT2D eigenvalue weighted by atomic mass is 35.5. The number of nitrogens with zero attached hydrogens (tertiary/aromatic N) is 1. The van der Waals surface area contributed by atoms with Gasteiger partial charge in [0.25, 0.3) is 5.91 Å². The molecule has 21 heavy (non-hydrogen) atoms. The molecule has 5 N–H and O–H groups in total. The molecule has 0 aliphatic heterocycles. The number of rotatable bonds is 2. The Morgan fingerprint density at radius 3 is 2.62 bits per heavy atom. The monoisotopic (exact) mass is 309 g/mol. The maximum Gasteiger partial charge on any atom is 0.274 e. The first kappa shape index (κ1) is 16.5. The van der Waals surface area contributed by atoms with E-state index >= 15 is 0 Å². The van der Waals surface area contributed by atoms with E-state index in [9.17, 15) is 9.59 Å². The first-order chi connectivity index (χ1) is 9.49. The number of guanidine groups is 1. The van der Waals surface area contributed by atoms with Crippen LogP contribution in [0.2, 0.25) is 0 Å². The molecule has 0 bridgehead atoms. The van der Waals surface area contributed by atoms with E-state index in [2.05, 4.69) is 20.6 Å². The van der Waals surface area contributed by atoms with E-state index in [0.717, 1.165) is 10.9 Å². The van der Waals surface area contributed by atoms with Gasteiger partial charge in [0, 0.05) is 30.6 Å². The van der Waals surface area contributed by atoms with Crippen molar-refractivity contribution in [2.75, 3.05) is 12.4 Å². The fraction of sp³-hybridized carbons (Fsp3) is 0.154. The minimum Gasteiger partial charge on any atom is -0.370 e. The molecule has 0 atom stereocenters. The molecule has 0 spiro atoms. The average molecular weight is 310 g/mol. The molecule has 0 saturated heterocycles. The number of hydrogen-bond donors (Lipinski definition) is 4. The highest BCUT2D eigenvalue weighted by Gasteiger charge is 2.10. The summed E-state index contributed by atoms with van der Waals surface area (Å²) >= 11 is 0. The second-order valence-corrected chi connectivity index (χ2v) is 4.23. The second kappa shape index (κ2) is 6.76. The third-order valence-corrected chi connectivity index (χ3v) is 2.67. The number of aromatic nitrogens is 1. The van der Waals surface area contributed by atoms with Crippen molar-refractivity contribution in [1.82, 2.24) is 10.3 Å². The van der Waals surface area contributed by atoms with Gasteiger partial charge in [0.2, 0.25) is 5.91 Å². The van der Waals surface area contributed by atoms with Crippen LogP contribution in [0.25, 0.3) is 10.9 Å². The quantitative estimate of drug-likeness (QED) is 0.494. The van der Waals surface area contributed by atoms with Crippen molar-refractivity contribution in [2.45, 2.75) is 6.92 Å². The molecule has 7 nitrogen and oxygen atoms in total. The lowest BCUT2D eigenvalue weighted by molar-refractivity contribution is -0.114. The summed E-state index contributed by atoms with van der Waals surface area (Å²) in [5.74, 6) is -0.470. The molecule has 0 radical (unpaired) electrons. The third kappa shape index (κ3) is 3.96. The van der Waals surface area contributed by atoms with Gasteiger partial charge in [-0.25, -0.2) is 0 Å². The van der Waals surface area contributed by atoms with E-state index in [0.29, 0.717) is 11.4 Å². The lowest BCUT2D eigenvalue weighted by Crippen LogP contribution is -2.36. The minimum absolute atomic E-state index is 0. The molecule has 0 saturated carbocycles. The largest absolute Gasteiger partial charge is 0.370 e. The Kier molecular flexibility index (Phi) is 5.31. The van der Waals surface area contributed by atoms with Gasteiger partial charge in [-0.3, -0.25) is 19.9 Å². The van der Waals surface area contributed by atoms with Crippen LogP contribution in [0.3, 0.4) is 0 Å². The van der Waals surface area contributed by atoms with Gasteiger partial charge in [-0.05, 0) is 24.3 Å². The molecule has 0 unspecified atom stereocenters. The molecular formula is C13H16ClN5O2. The summed E-state index contributed by atoms with van der Waals surface area (Å²) in [5.41, 5.74) is 7.27. The van der Waals surface area contributed by atoms with E-state index in [1.54, 1.807) is 24.3 Å². The number of halogens is 1. The number of fused-ring (bicyclic) bond motifs is 1. The maximum atomic E-state index is 11.9. The predicted octanol–water partition coefficient (Wildman–Crippen LogP) is 1.22. The van der Waals surface area contributed by atoms with Crippen LogP contribution in [0.5, 0.6) is 0 Å². The number of aromatic amines is 1. The van der Waals surface area contributed by atoms with Crippen molar-refractivity contribution in [3.05, 3.63) is 30.0 Å². The predicted molar refractivity (Wildman–Crippen MR) is 84.9 cm³/mol. The Bertz CT molecular complexity index is 708. The number of benzene rings is 1. The van der Waals surface area contributed by atoms with E-state index in [-0.39, 0.29) is 30.2 Å². The maximum absolute atomic E-state index is 11.9. The topological polar surface area (TPSA) is 112 Å². The molecule has 8 heteroatoms. The molecule has 112 valence electrons. The molecule has 1 aromatic heterocycles. The molecule has 1 heterocycles. The zero-order valence-corrected chi connectivity index (χ0v) is 12.4. The third-order valence-electron chi connectivity index (χ3n) is 2.67. The van der Waals surface area contributed by atoms with Crippen molar-refractivity contribution < 1.29 is 9.59 Å². The van der Waals surface area contributed by atoms with Crippen LogP contribution in [-0.2, 0) is 4.79 Å². The first-order valence-corrected chi connectivity index (χ1v) is 5.93. The second-order valence-electron chi connectivity index (χ2n) is 4.23. The molecule has 2 amide bonds. The fourth-order valence-electron chi connectivity index (χ4n) is 1.78. The minimum atomic E-state index is -0.370. The van der Waals surface area contributed by atoms with Crippen LogP contribution in [-0.4, -0.2) is 29.8 Å². The lowest BCUT2D eigenvalue weighted by atomic mass is 10.2. The van der Waals surface area contributed by atoms with Crippen molar-refractivity contribution in [2.24, 2.45) is 10.7 Å². The van der Waals surface area contributed by atoms with Gasteiger partial charge in [0.1, 0.15) is 5.69 Å². The summed E-state index contributed by atoms with van der Waals surface area (Å²) in [4.78, 5) is 29.5. The Hall–Kier alpha value is -2.54. The molecule has 0 aliphatic rings. The fourth-order valence-corrected chi connectivity index (χ4v) is 1.78. The molecule has 0 aliphatic carbocycles. The number of aliphatic imine (C=N–C) groups is 1. The summed E-state index contributed by atoms with van der Waals surface area (Å²) in [6, 6.07) is 7.00. The van der Waals surface area contributed by atoms with Crippen LogP contribution in [0.4, 0.5) is 5.69 Å². The number of H-pyrrole nitrogens is 1. The highest BCUT2D eigenvalue weighted by Crippen LogP contribution is 2.20. The van der Waals surface area contributed by atoms with Crippen LogP contribution in [0, 0.1) is 0 Å². The first-order valence-electron chi connectivity index (χ1n) is 5.93. The van der Waals surface area contributed by atoms with Crippen molar-refractivity contribution in [1.29, 1.82) is 0 Å². The number of hydrogen-bond acceptors (Lipinski definition) is 3. The van der Waals surface area contributed by atoms with Gasteiger partial charge in [0.15, 0.2) is 5.96 Å². The molecule has 1 aromatic carbocycles. The van der Waals surface area contributed by atoms with Gasteiger partial charge < -0.3 is 16.0 Å². The Labute approximate surface area is 127 Å². The summed E-state index contributed by atoms with van der Waals surface area (Å²) < 4.78 is 0. The molecule has 2 aromatic rings. The normalized spacial score (nSPS) is 10.9. The van der Waals surface area contributed by atoms with E-state index in [1.807, 2.05) is 0 Å². The van der Waals surface area contributed by atoms with Crippen LogP contribution in [0.15, 0.2) is 29.3 Å². The molecule has 0 fully saturated rings. The Morgan fingerprint density at radius 1 is 1.29 bits per heavy atom. The van der Waals surface area contributed by atoms with Gasteiger partial charge in [-0.2, -0.15) is 0 Å². The van der Waals surface area contributed by atoms with E-state index in [1.165, 1.54) is 14.0 Å². The number of amides is 2. The Balaban J connectivity index is 0.00000220. The number of nitrogens with two attached hydrogens (primary N) is 1. The Morgan fingerprint density at radius 2 is 2.00 bits per heavy atom. The summed E-state index contributed by atoms with van der Waals surface area (Å²) in [7, 11) is 1.49. The molecule has 2 rings (SSSR count). The average Bonchev–Trinajstić information content (AvgIpc) is 2.81. The number of anilines is 1. The van der Waals surface area contributed by atoms with Crippen molar-refractivity contribution >= 4 is 46.8 Å². The zero-order chi connectivity index (χ0) is 14.7. The summed E-state index contributed by atoms with van der Waals surface area (Å²) in [6.07, 6.45) is 0. The van der Waals surface area contributed by atoms with Crippen molar-refractivity contribution in [3.63, 3.8) is 0 Å². The van der Waals surface area contributed by atoms with Crippen molar-refractivity contribution in [3.8, 4) is 0 Å². The van der Waals surface area contributed by atoms with Gasteiger partial charge in [0.05, 0.1) is 0 Å². The lowest BCUT2D eigenvalue weighted by Gasteiger charge is -2.00. The van der Waals surface area contributed by atoms with Crippen LogP contribution in [0.1, 0.15) is 17.4 Å². The van der Waals surface area contributed by atoms with E-state index < -0.39 is 0 Å². The van der Waals surface area contributed by atoms with Gasteiger partial charge in [-0.15, -0.1) is 12.4 Å². The van der Waals surface area contributed by atoms with Gasteiger partial charge in [-0.1, -0.05) is 0 Å². The smallest absolute Gasteiger partial charge is 0.274 e. The highest BCUT2D eigenvalue weighted by molar-refractivity contribution is 6.06. The number of carbonyl (C=O) groups excluding carboxylic acids is 2. The summed E-state index contributed by atoms with van der Waals surface area (Å²) in [6.45, 7) is 1.44. The SMILES string of the molecule is CN=C(N)NC(=O)c1cc2cc(NC(C)=O)ccc2[nH]1.Cl. The van der Waals surface area contributed by atoms with Crippen LogP contribution < -0.4 is 16.4 Å². The number of nitrogens with one attached hydrogen (secondary N) is 3. The van der Waals surface area contributed by atoms with Gasteiger partial charge >= 0.3 is 0 Å². The number of carbonyl (C=O) groups is 2. The zero-order valence-electron chi connectivity index (χ0n) is 11.6. The van der Waals surface area contributed by atoms with E-state index in [4.69, 9.17) is 5.73 Å².